The van der Waals surface area contributed by atoms with Crippen LogP contribution in [0.5, 0.6) is 0 Å². The Morgan fingerprint density at radius 3 is 1.86 bits per heavy atom. The highest BCUT2D eigenvalue weighted by Crippen LogP contribution is 2.26. The second-order valence-corrected chi connectivity index (χ2v) is 5.86. The number of hydrogen-bond donors (Lipinski definition) is 1. The minimum Gasteiger partial charge on any atom is -0.388 e. The summed E-state index contributed by atoms with van der Waals surface area (Å²) in [7, 11) is 4.24. The monoisotopic (exact) mass is 293 g/mol. The average Bonchev–Trinajstić information content (AvgIpc) is 2.51. The molecule has 0 saturated heterocycles. The summed E-state index contributed by atoms with van der Waals surface area (Å²) in [6, 6.07) is 0. The van der Waals surface area contributed by atoms with E-state index in [9.17, 15) is 0 Å². The summed E-state index contributed by atoms with van der Waals surface area (Å²) < 4.78 is 2.37. The SMILES string of the molecule is CCC(CC)=C(NC)C(C)=C(C)C(CC)C(C)=[N+](C)CC. The van der Waals surface area contributed by atoms with E-state index < -0.39 is 0 Å². The van der Waals surface area contributed by atoms with Crippen LogP contribution in [0.25, 0.3) is 0 Å². The molecule has 1 N–H and O–H groups in total. The third-order valence-electron chi connectivity index (χ3n) is 4.94. The maximum absolute atomic E-state index is 3.44. The van der Waals surface area contributed by atoms with E-state index in [2.05, 4.69) is 65.4 Å². The lowest BCUT2D eigenvalue weighted by atomic mass is 9.87. The molecule has 0 saturated carbocycles. The maximum atomic E-state index is 3.44. The van der Waals surface area contributed by atoms with Crippen molar-refractivity contribution >= 4 is 5.71 Å². The van der Waals surface area contributed by atoms with Crippen LogP contribution >= 0.6 is 0 Å². The van der Waals surface area contributed by atoms with Gasteiger partial charge in [0.05, 0.1) is 5.92 Å². The molecule has 0 fully saturated rings. The highest BCUT2D eigenvalue weighted by Gasteiger charge is 2.21. The van der Waals surface area contributed by atoms with Crippen molar-refractivity contribution in [3.05, 3.63) is 22.4 Å². The lowest BCUT2D eigenvalue weighted by molar-refractivity contribution is -0.496. The van der Waals surface area contributed by atoms with Gasteiger partial charge in [-0.3, -0.25) is 0 Å². The molecule has 0 aliphatic heterocycles. The van der Waals surface area contributed by atoms with Crippen molar-refractivity contribution in [3.8, 4) is 0 Å². The number of hydrogen-bond acceptors (Lipinski definition) is 1. The van der Waals surface area contributed by atoms with Crippen LogP contribution in [0.2, 0.25) is 0 Å². The molecule has 0 aromatic heterocycles. The molecule has 0 aliphatic rings. The quantitative estimate of drug-likeness (QED) is 0.387. The molecule has 0 rings (SSSR count). The summed E-state index contributed by atoms with van der Waals surface area (Å²) in [5.74, 6) is 0.535. The van der Waals surface area contributed by atoms with Crippen LogP contribution in [0.4, 0.5) is 0 Å². The molecule has 1 unspecified atom stereocenters. The predicted molar refractivity (Wildman–Crippen MR) is 96.2 cm³/mol. The van der Waals surface area contributed by atoms with E-state index in [0.29, 0.717) is 5.92 Å². The van der Waals surface area contributed by atoms with Crippen molar-refractivity contribution in [2.45, 2.75) is 67.7 Å². The Kier molecular flexibility index (Phi) is 9.32. The third kappa shape index (κ3) is 5.01. The zero-order valence-electron chi connectivity index (χ0n) is 15.9. The molecular weight excluding hydrogens is 256 g/mol. The molecule has 2 heteroatoms. The zero-order valence-corrected chi connectivity index (χ0v) is 15.9. The number of nitrogens with one attached hydrogen (secondary N) is 1. The summed E-state index contributed by atoms with van der Waals surface area (Å²) in [5, 5.41) is 3.44. The minimum atomic E-state index is 0.535. The Bertz CT molecular complexity index is 419. The molecule has 122 valence electrons. The molecule has 0 spiro atoms. The standard InChI is InChI=1S/C19H37N2/c1-10-17(11-2)19(20-8)15(6)14(5)18(12-3)16(7)21(9)13-4/h18,20H,10-13H2,1-9H3/q+1. The first-order chi connectivity index (χ1) is 9.89. The first kappa shape index (κ1) is 19.9. The fourth-order valence-electron chi connectivity index (χ4n) is 3.12. The first-order valence-electron chi connectivity index (χ1n) is 8.51. The van der Waals surface area contributed by atoms with Gasteiger partial charge in [-0.1, -0.05) is 26.3 Å². The van der Waals surface area contributed by atoms with Gasteiger partial charge in [0.2, 0.25) is 0 Å². The molecule has 2 nitrogen and oxygen atoms in total. The van der Waals surface area contributed by atoms with Crippen molar-refractivity contribution in [1.82, 2.24) is 5.32 Å². The second kappa shape index (κ2) is 9.81. The van der Waals surface area contributed by atoms with Gasteiger partial charge >= 0.3 is 0 Å². The largest absolute Gasteiger partial charge is 0.388 e. The predicted octanol–water partition coefficient (Wildman–Crippen LogP) is 4.77. The van der Waals surface area contributed by atoms with Gasteiger partial charge in [0.15, 0.2) is 5.71 Å². The van der Waals surface area contributed by atoms with E-state index in [0.717, 1.165) is 25.8 Å². The molecule has 21 heavy (non-hydrogen) atoms. The molecule has 0 heterocycles. The lowest BCUT2D eigenvalue weighted by Crippen LogP contribution is -2.25. The summed E-state index contributed by atoms with van der Waals surface area (Å²) in [4.78, 5) is 0. The van der Waals surface area contributed by atoms with E-state index in [-0.39, 0.29) is 0 Å². The topological polar surface area (TPSA) is 15.0 Å². The van der Waals surface area contributed by atoms with E-state index in [1.165, 1.54) is 28.1 Å². The van der Waals surface area contributed by atoms with Crippen LogP contribution in [-0.2, 0) is 0 Å². The Hall–Kier alpha value is -1.05. The maximum Gasteiger partial charge on any atom is 0.156 e. The van der Waals surface area contributed by atoms with Gasteiger partial charge in [-0.25, -0.2) is 4.58 Å². The number of likely N-dealkylation sites (N-methyl/N-ethyl adjacent to an activating group) is 1. The normalized spacial score (nSPS) is 15.1. The molecule has 0 bridgehead atoms. The van der Waals surface area contributed by atoms with Gasteiger partial charge in [0.25, 0.3) is 0 Å². The minimum absolute atomic E-state index is 0.535. The smallest absolute Gasteiger partial charge is 0.156 e. The number of nitrogens with zero attached hydrogens (tertiary/aromatic N) is 1. The van der Waals surface area contributed by atoms with Crippen molar-refractivity contribution in [2.75, 3.05) is 20.6 Å². The Morgan fingerprint density at radius 1 is 1.00 bits per heavy atom. The van der Waals surface area contributed by atoms with E-state index in [4.69, 9.17) is 0 Å². The van der Waals surface area contributed by atoms with Crippen LogP contribution < -0.4 is 5.32 Å². The van der Waals surface area contributed by atoms with Gasteiger partial charge in [-0.2, -0.15) is 0 Å². The third-order valence-corrected chi connectivity index (χ3v) is 4.94. The molecular formula is C19H37N2+. The molecule has 0 radical (unpaired) electrons. The van der Waals surface area contributed by atoms with Crippen LogP contribution in [0.1, 0.15) is 67.7 Å². The summed E-state index contributed by atoms with van der Waals surface area (Å²) in [6.07, 6.45) is 3.39. The highest BCUT2D eigenvalue weighted by atomic mass is 15.0. The molecule has 0 aromatic rings. The van der Waals surface area contributed by atoms with Crippen molar-refractivity contribution in [1.29, 1.82) is 0 Å². The van der Waals surface area contributed by atoms with Crippen molar-refractivity contribution in [2.24, 2.45) is 5.92 Å². The van der Waals surface area contributed by atoms with Crippen molar-refractivity contribution < 1.29 is 4.58 Å². The number of rotatable bonds is 8. The zero-order chi connectivity index (χ0) is 16.6. The number of allylic oxidation sites excluding steroid dienone is 3. The van der Waals surface area contributed by atoms with Crippen LogP contribution in [0, 0.1) is 5.92 Å². The van der Waals surface area contributed by atoms with Crippen LogP contribution in [-0.4, -0.2) is 30.9 Å². The fourth-order valence-corrected chi connectivity index (χ4v) is 3.12. The van der Waals surface area contributed by atoms with Gasteiger partial charge in [0.1, 0.15) is 13.6 Å². The molecule has 0 aliphatic carbocycles. The second-order valence-electron chi connectivity index (χ2n) is 5.86. The summed E-state index contributed by atoms with van der Waals surface area (Å²) in [6.45, 7) is 16.9. The summed E-state index contributed by atoms with van der Waals surface area (Å²) >= 11 is 0. The summed E-state index contributed by atoms with van der Waals surface area (Å²) in [5.41, 5.74) is 7.27. The van der Waals surface area contributed by atoms with Gasteiger partial charge < -0.3 is 5.32 Å². The van der Waals surface area contributed by atoms with Gasteiger partial charge in [-0.05, 0) is 51.2 Å². The lowest BCUT2D eigenvalue weighted by Gasteiger charge is -2.21. The van der Waals surface area contributed by atoms with Gasteiger partial charge in [-0.15, -0.1) is 0 Å². The molecule has 0 amide bonds. The van der Waals surface area contributed by atoms with Crippen molar-refractivity contribution in [3.63, 3.8) is 0 Å². The van der Waals surface area contributed by atoms with Crippen LogP contribution in [0.15, 0.2) is 22.4 Å². The Labute approximate surface area is 133 Å². The molecule has 0 aromatic carbocycles. The van der Waals surface area contributed by atoms with E-state index >= 15 is 0 Å². The highest BCUT2D eigenvalue weighted by molar-refractivity contribution is 5.82. The Morgan fingerprint density at radius 2 is 1.52 bits per heavy atom. The Balaban J connectivity index is 5.90. The molecule has 1 atom stereocenters. The first-order valence-corrected chi connectivity index (χ1v) is 8.51. The van der Waals surface area contributed by atoms with E-state index in [1.54, 1.807) is 0 Å². The van der Waals surface area contributed by atoms with Crippen LogP contribution in [0.3, 0.4) is 0 Å². The fraction of sp³-hybridized carbons (Fsp3) is 0.737. The van der Waals surface area contributed by atoms with E-state index in [1.807, 2.05) is 7.05 Å². The average molecular weight is 294 g/mol. The van der Waals surface area contributed by atoms with Gasteiger partial charge in [0, 0.05) is 19.7 Å².